The van der Waals surface area contributed by atoms with Crippen molar-refractivity contribution in [3.8, 4) is 0 Å². The number of methoxy groups -OCH3 is 1. The van der Waals surface area contributed by atoms with Crippen LogP contribution in [0.5, 0.6) is 0 Å². The highest BCUT2D eigenvalue weighted by Gasteiger charge is 2.39. The third kappa shape index (κ3) is 3.79. The zero-order chi connectivity index (χ0) is 15.3. The molecule has 1 aliphatic carbocycles. The number of hydrogen-bond acceptors (Lipinski definition) is 6. The molecule has 0 aliphatic heterocycles. The average molecular weight is 296 g/mol. The molecular weight excluding hydrogens is 272 g/mol. The van der Waals surface area contributed by atoms with E-state index in [4.69, 9.17) is 15.0 Å². The van der Waals surface area contributed by atoms with Crippen molar-refractivity contribution >= 4 is 5.91 Å². The molecule has 7 heteroatoms. The summed E-state index contributed by atoms with van der Waals surface area (Å²) in [6, 6.07) is -0.692. The topological polar surface area (TPSA) is 103 Å². The lowest BCUT2D eigenvalue weighted by atomic mass is 9.88. The molecular formula is C14H24N4O3. The van der Waals surface area contributed by atoms with Crippen molar-refractivity contribution in [2.45, 2.75) is 57.0 Å². The number of aryl methyl sites for hydroxylation is 1. The summed E-state index contributed by atoms with van der Waals surface area (Å²) in [5.74, 6) is 0.824. The van der Waals surface area contributed by atoms with Gasteiger partial charge in [-0.25, -0.2) is 0 Å². The summed E-state index contributed by atoms with van der Waals surface area (Å²) in [4.78, 5) is 16.6. The molecule has 2 rings (SSSR count). The minimum Gasteiger partial charge on any atom is -0.383 e. The van der Waals surface area contributed by atoms with Gasteiger partial charge >= 0.3 is 0 Å². The number of rotatable bonds is 5. The lowest BCUT2D eigenvalue weighted by Gasteiger charge is -2.31. The monoisotopic (exact) mass is 296 g/mol. The summed E-state index contributed by atoms with van der Waals surface area (Å²) in [6.07, 6.45) is 5.95. The van der Waals surface area contributed by atoms with Crippen LogP contribution in [0.4, 0.5) is 0 Å². The standard InChI is InChI=1S/C14H24N4O3/c1-10-16-13(18-21-10)14(7-5-3-4-6-8-14)17-12(19)11(15)9-20-2/h11H,3-9,15H2,1-2H3,(H,17,19). The van der Waals surface area contributed by atoms with Gasteiger partial charge in [0.1, 0.15) is 11.6 Å². The highest BCUT2D eigenvalue weighted by atomic mass is 16.5. The zero-order valence-electron chi connectivity index (χ0n) is 12.7. The predicted molar refractivity (Wildman–Crippen MR) is 76.4 cm³/mol. The molecule has 21 heavy (non-hydrogen) atoms. The first-order chi connectivity index (χ1) is 10.1. The van der Waals surface area contributed by atoms with E-state index < -0.39 is 11.6 Å². The fraction of sp³-hybridized carbons (Fsp3) is 0.786. The number of ether oxygens (including phenoxy) is 1. The van der Waals surface area contributed by atoms with E-state index in [1.54, 1.807) is 6.92 Å². The molecule has 0 saturated heterocycles. The third-order valence-electron chi connectivity index (χ3n) is 3.96. The van der Waals surface area contributed by atoms with Gasteiger partial charge in [0.25, 0.3) is 0 Å². The summed E-state index contributed by atoms with van der Waals surface area (Å²) < 4.78 is 10.1. The largest absolute Gasteiger partial charge is 0.383 e. The van der Waals surface area contributed by atoms with Crippen LogP contribution in [0.25, 0.3) is 0 Å². The number of hydrogen-bond donors (Lipinski definition) is 2. The van der Waals surface area contributed by atoms with Crippen LogP contribution < -0.4 is 11.1 Å². The Morgan fingerprint density at radius 2 is 2.10 bits per heavy atom. The van der Waals surface area contributed by atoms with Crippen molar-refractivity contribution in [3.05, 3.63) is 11.7 Å². The van der Waals surface area contributed by atoms with Gasteiger partial charge in [0.15, 0.2) is 5.82 Å². The van der Waals surface area contributed by atoms with Crippen molar-refractivity contribution in [2.75, 3.05) is 13.7 Å². The number of nitrogens with zero attached hydrogens (tertiary/aromatic N) is 2. The van der Waals surface area contributed by atoms with Gasteiger partial charge in [-0.1, -0.05) is 30.8 Å². The number of carbonyl (C=O) groups excluding carboxylic acids is 1. The molecule has 1 unspecified atom stereocenters. The number of amides is 1. The van der Waals surface area contributed by atoms with Crippen LogP contribution in [0, 0.1) is 6.92 Å². The Balaban J connectivity index is 2.21. The SMILES string of the molecule is COCC(N)C(=O)NC1(c2noc(C)n2)CCCCCC1. The molecule has 1 aromatic rings. The molecule has 1 aliphatic rings. The molecule has 1 atom stereocenters. The summed E-state index contributed by atoms with van der Waals surface area (Å²) in [6.45, 7) is 1.94. The molecule has 1 aromatic heterocycles. The second-order valence-corrected chi connectivity index (χ2v) is 5.68. The Morgan fingerprint density at radius 1 is 1.43 bits per heavy atom. The molecule has 0 aromatic carbocycles. The number of aromatic nitrogens is 2. The van der Waals surface area contributed by atoms with E-state index in [0.29, 0.717) is 11.7 Å². The van der Waals surface area contributed by atoms with Gasteiger partial charge < -0.3 is 20.3 Å². The van der Waals surface area contributed by atoms with Crippen molar-refractivity contribution in [1.29, 1.82) is 0 Å². The maximum atomic E-state index is 12.3. The van der Waals surface area contributed by atoms with E-state index in [2.05, 4.69) is 15.5 Å². The maximum Gasteiger partial charge on any atom is 0.240 e. The van der Waals surface area contributed by atoms with Crippen molar-refractivity contribution < 1.29 is 14.1 Å². The molecule has 1 heterocycles. The Kier molecular flexibility index (Phi) is 5.30. The fourth-order valence-corrected chi connectivity index (χ4v) is 2.81. The maximum absolute atomic E-state index is 12.3. The van der Waals surface area contributed by atoms with Crippen LogP contribution in [0.3, 0.4) is 0 Å². The molecule has 0 radical (unpaired) electrons. The van der Waals surface area contributed by atoms with Gasteiger partial charge in [0.05, 0.1) is 6.61 Å². The third-order valence-corrected chi connectivity index (χ3v) is 3.96. The van der Waals surface area contributed by atoms with Crippen LogP contribution in [-0.2, 0) is 15.1 Å². The molecule has 1 saturated carbocycles. The molecule has 1 fully saturated rings. The van der Waals surface area contributed by atoms with E-state index in [0.717, 1.165) is 38.5 Å². The normalized spacial score (nSPS) is 19.8. The molecule has 0 spiro atoms. The summed E-state index contributed by atoms with van der Waals surface area (Å²) >= 11 is 0. The number of nitrogens with two attached hydrogens (primary N) is 1. The summed E-state index contributed by atoms with van der Waals surface area (Å²) in [5.41, 5.74) is 5.25. The smallest absolute Gasteiger partial charge is 0.240 e. The molecule has 3 N–H and O–H groups in total. The second-order valence-electron chi connectivity index (χ2n) is 5.68. The van der Waals surface area contributed by atoms with Crippen LogP contribution in [0.15, 0.2) is 4.52 Å². The summed E-state index contributed by atoms with van der Waals surface area (Å²) in [5, 5.41) is 7.10. The van der Waals surface area contributed by atoms with Gasteiger partial charge in [0, 0.05) is 14.0 Å². The van der Waals surface area contributed by atoms with E-state index in [1.165, 1.54) is 7.11 Å². The molecule has 0 bridgehead atoms. The van der Waals surface area contributed by atoms with Crippen LogP contribution >= 0.6 is 0 Å². The molecule has 7 nitrogen and oxygen atoms in total. The van der Waals surface area contributed by atoms with E-state index >= 15 is 0 Å². The van der Waals surface area contributed by atoms with Crippen LogP contribution in [0.2, 0.25) is 0 Å². The first-order valence-corrected chi connectivity index (χ1v) is 7.45. The Hall–Kier alpha value is -1.47. The van der Waals surface area contributed by atoms with Gasteiger partial charge in [-0.05, 0) is 12.8 Å². The number of carbonyl (C=O) groups is 1. The first kappa shape index (κ1) is 15.9. The first-order valence-electron chi connectivity index (χ1n) is 7.45. The average Bonchev–Trinajstić information content (AvgIpc) is 2.76. The highest BCUT2D eigenvalue weighted by Crippen LogP contribution is 2.34. The fourth-order valence-electron chi connectivity index (χ4n) is 2.81. The van der Waals surface area contributed by atoms with Crippen molar-refractivity contribution in [3.63, 3.8) is 0 Å². The minimum atomic E-state index is -0.692. The second kappa shape index (κ2) is 7.00. The Bertz CT molecular complexity index is 467. The van der Waals surface area contributed by atoms with Gasteiger partial charge in [-0.3, -0.25) is 4.79 Å². The van der Waals surface area contributed by atoms with E-state index in [9.17, 15) is 4.79 Å². The van der Waals surface area contributed by atoms with Gasteiger partial charge in [-0.2, -0.15) is 4.98 Å². The van der Waals surface area contributed by atoms with Crippen molar-refractivity contribution in [1.82, 2.24) is 15.5 Å². The van der Waals surface area contributed by atoms with Crippen molar-refractivity contribution in [2.24, 2.45) is 5.73 Å². The molecule has 1 amide bonds. The van der Waals surface area contributed by atoms with Gasteiger partial charge in [0.2, 0.25) is 11.8 Å². The predicted octanol–water partition coefficient (Wildman–Crippen LogP) is 1.02. The lowest BCUT2D eigenvalue weighted by molar-refractivity contribution is -0.125. The van der Waals surface area contributed by atoms with E-state index in [-0.39, 0.29) is 12.5 Å². The molecule has 118 valence electrons. The van der Waals surface area contributed by atoms with Gasteiger partial charge in [-0.15, -0.1) is 0 Å². The Morgan fingerprint density at radius 3 is 2.62 bits per heavy atom. The lowest BCUT2D eigenvalue weighted by Crippen LogP contribution is -2.53. The van der Waals surface area contributed by atoms with Crippen LogP contribution in [-0.4, -0.2) is 35.8 Å². The minimum absolute atomic E-state index is 0.188. The Labute approximate surface area is 124 Å². The number of nitrogens with one attached hydrogen (secondary N) is 1. The summed E-state index contributed by atoms with van der Waals surface area (Å²) in [7, 11) is 1.52. The zero-order valence-corrected chi connectivity index (χ0v) is 12.7. The highest BCUT2D eigenvalue weighted by molar-refractivity contribution is 5.82. The van der Waals surface area contributed by atoms with Crippen LogP contribution in [0.1, 0.15) is 50.2 Å². The quantitative estimate of drug-likeness (QED) is 0.786. The van der Waals surface area contributed by atoms with E-state index in [1.807, 2.05) is 0 Å².